The fourth-order valence-corrected chi connectivity index (χ4v) is 5.78. The number of nitriles is 1. The van der Waals surface area contributed by atoms with Crippen LogP contribution >= 0.6 is 8.53 Å². The largest absolute Gasteiger partial charge is 0.365 e. The summed E-state index contributed by atoms with van der Waals surface area (Å²) in [6.07, 6.45) is -1.06. The highest BCUT2D eigenvalue weighted by Gasteiger charge is 2.65. The van der Waals surface area contributed by atoms with Gasteiger partial charge < -0.3 is 18.5 Å². The number of nitrogens with one attached hydrogen (secondary N) is 1. The zero-order valence-electron chi connectivity index (χ0n) is 19.5. The molecular formula is C20H31N4O6P. The quantitative estimate of drug-likeness (QED) is 0.445. The Balaban J connectivity index is 1.95. The fraction of sp³-hybridized carbons (Fsp3) is 0.750. The van der Waals surface area contributed by atoms with Gasteiger partial charge in [-0.05, 0) is 41.5 Å². The maximum atomic E-state index is 12.4. The number of aromatic nitrogens is 2. The van der Waals surface area contributed by atoms with Gasteiger partial charge in [0.2, 0.25) is 0 Å². The average Bonchev–Trinajstić information content (AvgIpc) is 3.15. The lowest BCUT2D eigenvalue weighted by atomic mass is 9.96. The topological polar surface area (TPSA) is 119 Å². The van der Waals surface area contributed by atoms with Gasteiger partial charge >= 0.3 is 5.69 Å². The van der Waals surface area contributed by atoms with Crippen LogP contribution in [0.25, 0.3) is 0 Å². The van der Waals surface area contributed by atoms with Gasteiger partial charge in [0.05, 0.1) is 25.2 Å². The monoisotopic (exact) mass is 455 g/mol. The molecule has 2 aliphatic heterocycles. The molecule has 11 heteroatoms. The minimum Gasteiger partial charge on any atom is -0.365 e. The minimum absolute atomic E-state index is 0.103. The zero-order valence-corrected chi connectivity index (χ0v) is 19.4. The van der Waals surface area contributed by atoms with E-state index < -0.39 is 49.9 Å². The van der Waals surface area contributed by atoms with Crippen LogP contribution in [-0.4, -0.2) is 56.8 Å². The van der Waals surface area contributed by atoms with Crippen molar-refractivity contribution in [2.24, 2.45) is 0 Å². The van der Waals surface area contributed by atoms with Crippen LogP contribution in [0.15, 0.2) is 21.9 Å². The summed E-state index contributed by atoms with van der Waals surface area (Å²) in [6, 6.07) is 3.52. The van der Waals surface area contributed by atoms with Crippen LogP contribution in [0, 0.1) is 11.3 Å². The second-order valence-corrected chi connectivity index (χ2v) is 9.70. The third-order valence-corrected chi connectivity index (χ3v) is 7.55. The van der Waals surface area contributed by atoms with Gasteiger partial charge in [0.25, 0.3) is 14.1 Å². The Labute approximate surface area is 184 Å². The van der Waals surface area contributed by atoms with Gasteiger partial charge in [-0.25, -0.2) is 9.46 Å². The summed E-state index contributed by atoms with van der Waals surface area (Å²) in [5, 5.41) is 8.93. The summed E-state index contributed by atoms with van der Waals surface area (Å²) < 4.78 is 36.5. The average molecular weight is 455 g/mol. The van der Waals surface area contributed by atoms with Crippen LogP contribution < -0.4 is 11.2 Å². The van der Waals surface area contributed by atoms with Crippen LogP contribution in [0.4, 0.5) is 0 Å². The Morgan fingerprint density at radius 2 is 2.13 bits per heavy atom. The molecule has 0 amide bonds. The molecule has 6 atom stereocenters. The molecule has 2 aliphatic rings. The molecule has 0 spiro atoms. The van der Waals surface area contributed by atoms with E-state index in [-0.39, 0.29) is 32.0 Å². The van der Waals surface area contributed by atoms with E-state index >= 15 is 0 Å². The van der Waals surface area contributed by atoms with Crippen LogP contribution in [0.1, 0.15) is 55.5 Å². The maximum absolute atomic E-state index is 12.4. The van der Waals surface area contributed by atoms with E-state index in [0.29, 0.717) is 0 Å². The molecule has 1 aromatic heterocycles. The second kappa shape index (κ2) is 9.49. The standard InChI is InChI=1S/C20H31N4O6P/c1-12(2)24(13(3)4)31(27-11-7-9-21)30-17-16-18(29-20(17,6)14(5)28-16)23-10-8-15(25)22-19(23)26/h8,10,12-14,16-18H,7,11H2,1-6H3,(H,22,25,26)/t14?,16-,17+,18+,20+,31?/m0/s1/i6D. The van der Waals surface area contributed by atoms with E-state index in [9.17, 15) is 9.59 Å². The normalized spacial score (nSPS) is 31.4. The number of H-pyrrole nitrogens is 1. The van der Waals surface area contributed by atoms with Crippen molar-refractivity contribution in [1.82, 2.24) is 14.2 Å². The number of rotatable bonds is 9. The smallest absolute Gasteiger partial charge is 0.330 e. The molecule has 0 saturated carbocycles. The highest BCUT2D eigenvalue weighted by Crippen LogP contribution is 2.56. The van der Waals surface area contributed by atoms with Crippen molar-refractivity contribution < 1.29 is 19.9 Å². The Hall–Kier alpha value is -1.60. The van der Waals surface area contributed by atoms with Gasteiger partial charge in [0.1, 0.15) is 17.8 Å². The molecule has 3 rings (SSSR count). The van der Waals surface area contributed by atoms with E-state index in [1.54, 1.807) is 0 Å². The lowest BCUT2D eigenvalue weighted by Gasteiger charge is -2.38. The fourth-order valence-electron chi connectivity index (χ4n) is 3.99. The Morgan fingerprint density at radius 3 is 2.71 bits per heavy atom. The first-order valence-corrected chi connectivity index (χ1v) is 11.5. The van der Waals surface area contributed by atoms with E-state index in [1.165, 1.54) is 16.8 Å². The summed E-state index contributed by atoms with van der Waals surface area (Å²) >= 11 is 0. The lowest BCUT2D eigenvalue weighted by Crippen LogP contribution is -2.45. The van der Waals surface area contributed by atoms with E-state index in [2.05, 4.69) is 15.7 Å². The minimum atomic E-state index is -1.60. The predicted molar refractivity (Wildman–Crippen MR) is 114 cm³/mol. The van der Waals surface area contributed by atoms with E-state index in [0.717, 1.165) is 0 Å². The van der Waals surface area contributed by atoms with Crippen LogP contribution in [-0.2, 0) is 18.5 Å². The molecule has 1 aromatic rings. The summed E-state index contributed by atoms with van der Waals surface area (Å²) in [5.41, 5.74) is -2.24. The van der Waals surface area contributed by atoms with Gasteiger partial charge in [-0.15, -0.1) is 0 Å². The van der Waals surface area contributed by atoms with Crippen molar-refractivity contribution >= 4 is 8.53 Å². The lowest BCUT2D eigenvalue weighted by molar-refractivity contribution is -0.200. The zero-order chi connectivity index (χ0) is 23.6. The number of aromatic amines is 1. The van der Waals surface area contributed by atoms with Gasteiger partial charge in [-0.1, -0.05) is 0 Å². The number of fused-ring (bicyclic) bond motifs is 2. The van der Waals surface area contributed by atoms with Crippen LogP contribution in [0.2, 0.25) is 0 Å². The SMILES string of the molecule is [2H]C[C@@]12O[C@@H](n3ccc(=O)[nH]c3=O)[C@@H](OC1C)[C@H]2OP(OCCC#N)N(C(C)C)C(C)C. The van der Waals surface area contributed by atoms with E-state index in [1.807, 2.05) is 34.6 Å². The molecule has 31 heavy (non-hydrogen) atoms. The summed E-state index contributed by atoms with van der Waals surface area (Å²) in [7, 11) is -1.60. The molecule has 2 unspecified atom stereocenters. The first kappa shape index (κ1) is 22.6. The summed E-state index contributed by atoms with van der Waals surface area (Å²) in [5.74, 6) is 0. The van der Waals surface area contributed by atoms with Crippen molar-refractivity contribution in [1.29, 1.82) is 5.26 Å². The third kappa shape index (κ3) is 4.63. The van der Waals surface area contributed by atoms with Crippen molar-refractivity contribution in [3.8, 4) is 6.07 Å². The van der Waals surface area contributed by atoms with Crippen molar-refractivity contribution in [2.45, 2.75) is 90.2 Å². The number of ether oxygens (including phenoxy) is 2. The van der Waals surface area contributed by atoms with Gasteiger partial charge in [-0.3, -0.25) is 14.3 Å². The highest BCUT2D eigenvalue weighted by atomic mass is 31.2. The number of hydrogen-bond acceptors (Lipinski definition) is 8. The second-order valence-electron chi connectivity index (χ2n) is 8.30. The van der Waals surface area contributed by atoms with Crippen molar-refractivity contribution in [2.75, 3.05) is 6.61 Å². The first-order valence-electron chi connectivity index (χ1n) is 11.1. The first-order chi connectivity index (χ1) is 15.2. The maximum Gasteiger partial charge on any atom is 0.330 e. The van der Waals surface area contributed by atoms with E-state index in [4.69, 9.17) is 25.2 Å². The Bertz CT molecular complexity index is 941. The number of hydrogen-bond donors (Lipinski definition) is 1. The summed E-state index contributed by atoms with van der Waals surface area (Å²) in [6.45, 7) is 10.0. The van der Waals surface area contributed by atoms with Gasteiger partial charge in [0.15, 0.2) is 6.23 Å². The third-order valence-electron chi connectivity index (χ3n) is 5.44. The van der Waals surface area contributed by atoms with Gasteiger partial charge in [-0.2, -0.15) is 5.26 Å². The molecule has 0 aromatic carbocycles. The molecule has 10 nitrogen and oxygen atoms in total. The van der Waals surface area contributed by atoms with Crippen molar-refractivity contribution in [3.05, 3.63) is 33.1 Å². The van der Waals surface area contributed by atoms with Gasteiger partial charge in [0, 0.05) is 25.7 Å². The molecule has 172 valence electrons. The predicted octanol–water partition coefficient (Wildman–Crippen LogP) is 2.27. The molecule has 2 fully saturated rings. The molecule has 1 N–H and O–H groups in total. The molecular weight excluding hydrogens is 423 g/mol. The van der Waals surface area contributed by atoms with Crippen LogP contribution in [0.3, 0.4) is 0 Å². The molecule has 0 aliphatic carbocycles. The van der Waals surface area contributed by atoms with Crippen LogP contribution in [0.5, 0.6) is 0 Å². The Kier molecular flexibility index (Phi) is 6.92. The number of nitrogens with zero attached hydrogens (tertiary/aromatic N) is 3. The molecule has 2 bridgehead atoms. The van der Waals surface area contributed by atoms with Crippen molar-refractivity contribution in [3.63, 3.8) is 0 Å². The molecule has 3 heterocycles. The molecule has 0 radical (unpaired) electrons. The highest BCUT2D eigenvalue weighted by molar-refractivity contribution is 7.44. The Morgan fingerprint density at radius 1 is 1.42 bits per heavy atom. The molecule has 2 saturated heterocycles. The summed E-state index contributed by atoms with van der Waals surface area (Å²) in [4.78, 5) is 26.1.